The Balaban J connectivity index is 2.83. The van der Waals surface area contributed by atoms with Crippen molar-refractivity contribution >= 4 is 17.6 Å². The summed E-state index contributed by atoms with van der Waals surface area (Å²) in [6.45, 7) is 1.55. The zero-order valence-corrected chi connectivity index (χ0v) is 8.23. The summed E-state index contributed by atoms with van der Waals surface area (Å²) in [5.74, 6) is -1.38. The number of aromatic carboxylic acids is 1. The topological polar surface area (TPSA) is 92.4 Å². The van der Waals surface area contributed by atoms with Gasteiger partial charge in [0.05, 0.1) is 11.6 Å². The lowest BCUT2D eigenvalue weighted by molar-refractivity contribution is -0.117. The first-order chi connectivity index (χ1) is 7.00. The van der Waals surface area contributed by atoms with Crippen LogP contribution in [0.15, 0.2) is 24.3 Å². The predicted molar refractivity (Wildman–Crippen MR) is 55.7 cm³/mol. The van der Waals surface area contributed by atoms with Crippen molar-refractivity contribution in [3.05, 3.63) is 29.8 Å². The summed E-state index contributed by atoms with van der Waals surface area (Å²) in [5, 5.41) is 11.2. The van der Waals surface area contributed by atoms with Crippen LogP contribution in [0.25, 0.3) is 0 Å². The summed E-state index contributed by atoms with van der Waals surface area (Å²) in [6, 6.07) is 5.36. The van der Waals surface area contributed by atoms with Crippen molar-refractivity contribution in [1.29, 1.82) is 0 Å². The molecule has 0 aliphatic carbocycles. The van der Waals surface area contributed by atoms with Gasteiger partial charge in [0, 0.05) is 5.69 Å². The molecule has 0 fully saturated rings. The van der Waals surface area contributed by atoms with Gasteiger partial charge in [-0.1, -0.05) is 6.07 Å². The largest absolute Gasteiger partial charge is 0.478 e. The summed E-state index contributed by atoms with van der Waals surface area (Å²) in [5.41, 5.74) is 5.90. The van der Waals surface area contributed by atoms with Crippen molar-refractivity contribution in [3.8, 4) is 0 Å². The first kappa shape index (κ1) is 11.2. The van der Waals surface area contributed by atoms with E-state index in [9.17, 15) is 9.59 Å². The molecule has 0 aliphatic rings. The number of carbonyl (C=O) groups excluding carboxylic acids is 1. The van der Waals surface area contributed by atoms with Crippen LogP contribution in [0.1, 0.15) is 17.3 Å². The van der Waals surface area contributed by atoms with Crippen LogP contribution in [0.2, 0.25) is 0 Å². The molecule has 0 saturated carbocycles. The molecule has 15 heavy (non-hydrogen) atoms. The second-order valence-corrected chi connectivity index (χ2v) is 3.16. The Morgan fingerprint density at radius 2 is 2.13 bits per heavy atom. The van der Waals surface area contributed by atoms with Crippen molar-refractivity contribution in [2.24, 2.45) is 5.73 Å². The third-order valence-electron chi connectivity index (χ3n) is 1.79. The van der Waals surface area contributed by atoms with Crippen LogP contribution in [0, 0.1) is 0 Å². The summed E-state index contributed by atoms with van der Waals surface area (Å²) < 4.78 is 0. The second kappa shape index (κ2) is 4.56. The molecule has 4 N–H and O–H groups in total. The van der Waals surface area contributed by atoms with Crippen molar-refractivity contribution in [2.45, 2.75) is 13.0 Å². The number of benzene rings is 1. The van der Waals surface area contributed by atoms with Crippen LogP contribution < -0.4 is 11.1 Å². The molecule has 0 saturated heterocycles. The molecule has 0 radical (unpaired) electrons. The fourth-order valence-corrected chi connectivity index (χ4v) is 0.986. The lowest BCUT2D eigenvalue weighted by atomic mass is 10.2. The van der Waals surface area contributed by atoms with E-state index < -0.39 is 12.0 Å². The number of carboxylic acid groups (broad SMARTS) is 1. The Morgan fingerprint density at radius 3 is 2.67 bits per heavy atom. The van der Waals surface area contributed by atoms with E-state index in [1.54, 1.807) is 19.1 Å². The first-order valence-corrected chi connectivity index (χ1v) is 4.40. The average Bonchev–Trinajstić information content (AvgIpc) is 2.18. The maximum absolute atomic E-state index is 11.2. The van der Waals surface area contributed by atoms with Crippen molar-refractivity contribution < 1.29 is 14.7 Å². The maximum Gasteiger partial charge on any atom is 0.335 e. The highest BCUT2D eigenvalue weighted by atomic mass is 16.4. The highest BCUT2D eigenvalue weighted by Gasteiger charge is 2.08. The van der Waals surface area contributed by atoms with Crippen LogP contribution in [0.4, 0.5) is 5.69 Å². The molecule has 5 nitrogen and oxygen atoms in total. The maximum atomic E-state index is 11.2. The molecule has 1 aromatic rings. The number of carbonyl (C=O) groups is 2. The second-order valence-electron chi connectivity index (χ2n) is 3.16. The number of hydrogen-bond donors (Lipinski definition) is 3. The van der Waals surface area contributed by atoms with Gasteiger partial charge in [0.25, 0.3) is 0 Å². The molecule has 1 atom stereocenters. The van der Waals surface area contributed by atoms with Gasteiger partial charge < -0.3 is 16.2 Å². The van der Waals surface area contributed by atoms with Crippen molar-refractivity contribution in [1.82, 2.24) is 0 Å². The molecule has 1 amide bonds. The molecule has 0 bridgehead atoms. The summed E-state index contributed by atoms with van der Waals surface area (Å²) in [4.78, 5) is 21.8. The van der Waals surface area contributed by atoms with Gasteiger partial charge in [0.2, 0.25) is 5.91 Å². The highest BCUT2D eigenvalue weighted by molar-refractivity contribution is 5.96. The average molecular weight is 208 g/mol. The fourth-order valence-electron chi connectivity index (χ4n) is 0.986. The van der Waals surface area contributed by atoms with Crippen LogP contribution >= 0.6 is 0 Å². The summed E-state index contributed by atoms with van der Waals surface area (Å²) in [7, 11) is 0. The first-order valence-electron chi connectivity index (χ1n) is 4.40. The lowest BCUT2D eigenvalue weighted by Crippen LogP contribution is -2.32. The van der Waals surface area contributed by atoms with Gasteiger partial charge in [-0.15, -0.1) is 0 Å². The quantitative estimate of drug-likeness (QED) is 0.680. The number of hydrogen-bond acceptors (Lipinski definition) is 3. The smallest absolute Gasteiger partial charge is 0.335 e. The fraction of sp³-hybridized carbons (Fsp3) is 0.200. The molecule has 1 rings (SSSR count). The molecule has 0 aromatic heterocycles. The zero-order chi connectivity index (χ0) is 11.4. The third kappa shape index (κ3) is 3.07. The summed E-state index contributed by atoms with van der Waals surface area (Å²) in [6.07, 6.45) is 0. The van der Waals surface area contributed by atoms with Crippen LogP contribution in [-0.4, -0.2) is 23.0 Å². The number of amides is 1. The van der Waals surface area contributed by atoms with Crippen LogP contribution in [0.5, 0.6) is 0 Å². The van der Waals surface area contributed by atoms with E-state index in [-0.39, 0.29) is 11.5 Å². The van der Waals surface area contributed by atoms with E-state index in [2.05, 4.69) is 5.32 Å². The van der Waals surface area contributed by atoms with E-state index in [1.165, 1.54) is 12.1 Å². The van der Waals surface area contributed by atoms with Crippen LogP contribution in [0.3, 0.4) is 0 Å². The molecule has 0 heterocycles. The number of carboxylic acids is 1. The minimum Gasteiger partial charge on any atom is -0.478 e. The minimum absolute atomic E-state index is 0.123. The Kier molecular flexibility index (Phi) is 3.41. The van der Waals surface area contributed by atoms with Crippen LogP contribution in [-0.2, 0) is 4.79 Å². The molecular weight excluding hydrogens is 196 g/mol. The molecule has 0 unspecified atom stereocenters. The highest BCUT2D eigenvalue weighted by Crippen LogP contribution is 2.10. The van der Waals surface area contributed by atoms with Gasteiger partial charge in [-0.05, 0) is 25.1 Å². The Labute approximate surface area is 86.9 Å². The minimum atomic E-state index is -1.04. The zero-order valence-electron chi connectivity index (χ0n) is 8.23. The number of nitrogens with two attached hydrogens (primary N) is 1. The van der Waals surface area contributed by atoms with E-state index in [1.807, 2.05) is 0 Å². The SMILES string of the molecule is C[C@@H](N)C(=O)Nc1cccc(C(=O)O)c1. The number of anilines is 1. The molecule has 0 spiro atoms. The molecule has 0 aliphatic heterocycles. The molecular formula is C10H12N2O3. The summed E-state index contributed by atoms with van der Waals surface area (Å²) >= 11 is 0. The Bertz CT molecular complexity index is 388. The van der Waals surface area contributed by atoms with E-state index in [0.29, 0.717) is 5.69 Å². The van der Waals surface area contributed by atoms with E-state index in [0.717, 1.165) is 0 Å². The molecule has 80 valence electrons. The van der Waals surface area contributed by atoms with Gasteiger partial charge in [-0.25, -0.2) is 4.79 Å². The number of nitrogens with one attached hydrogen (secondary N) is 1. The van der Waals surface area contributed by atoms with Gasteiger partial charge in [0.1, 0.15) is 0 Å². The monoisotopic (exact) mass is 208 g/mol. The molecule has 1 aromatic carbocycles. The molecule has 5 heteroatoms. The standard InChI is InChI=1S/C10H12N2O3/c1-6(11)9(13)12-8-4-2-3-7(5-8)10(14)15/h2-6H,11H2,1H3,(H,12,13)(H,14,15)/t6-/m1/s1. The Morgan fingerprint density at radius 1 is 1.47 bits per heavy atom. The van der Waals surface area contributed by atoms with Gasteiger partial charge >= 0.3 is 5.97 Å². The predicted octanol–water partition coefficient (Wildman–Crippen LogP) is 0.670. The third-order valence-corrected chi connectivity index (χ3v) is 1.79. The Hall–Kier alpha value is -1.88. The lowest BCUT2D eigenvalue weighted by Gasteiger charge is -2.07. The van der Waals surface area contributed by atoms with Gasteiger partial charge in [-0.2, -0.15) is 0 Å². The van der Waals surface area contributed by atoms with Gasteiger partial charge in [0.15, 0.2) is 0 Å². The van der Waals surface area contributed by atoms with E-state index in [4.69, 9.17) is 10.8 Å². The van der Waals surface area contributed by atoms with Crippen molar-refractivity contribution in [2.75, 3.05) is 5.32 Å². The van der Waals surface area contributed by atoms with E-state index >= 15 is 0 Å². The van der Waals surface area contributed by atoms with Gasteiger partial charge in [-0.3, -0.25) is 4.79 Å². The number of rotatable bonds is 3. The normalized spacial score (nSPS) is 11.9. The van der Waals surface area contributed by atoms with Crippen molar-refractivity contribution in [3.63, 3.8) is 0 Å².